The van der Waals surface area contributed by atoms with Crippen molar-refractivity contribution in [1.29, 1.82) is 0 Å². The highest BCUT2D eigenvalue weighted by Gasteiger charge is 2.34. The van der Waals surface area contributed by atoms with Gasteiger partial charge in [0, 0.05) is 5.56 Å². The number of nitrogens with two attached hydrogens (primary N) is 1. The maximum Gasteiger partial charge on any atom is 0.417 e. The zero-order valence-corrected chi connectivity index (χ0v) is 9.93. The minimum Gasteiger partial charge on any atom is -0.408 e. The highest BCUT2D eigenvalue weighted by molar-refractivity contribution is 5.72. The number of aromatic nitrogens is 1. The number of rotatable bonds is 1. The Kier molecular flexibility index (Phi) is 2.51. The van der Waals surface area contributed by atoms with E-state index in [1.807, 2.05) is 13.0 Å². The molecule has 0 saturated carbocycles. The van der Waals surface area contributed by atoms with Gasteiger partial charge in [0.25, 0.3) is 0 Å². The van der Waals surface area contributed by atoms with Crippen LogP contribution in [0.2, 0.25) is 0 Å². The van der Waals surface area contributed by atoms with Gasteiger partial charge in [-0.05, 0) is 19.1 Å². The summed E-state index contributed by atoms with van der Waals surface area (Å²) >= 11 is 0. The number of ether oxygens (including phenoxy) is 2. The van der Waals surface area contributed by atoms with Crippen LogP contribution in [0.4, 0.5) is 0 Å². The van der Waals surface area contributed by atoms with E-state index < -0.39 is 11.5 Å². The van der Waals surface area contributed by atoms with Gasteiger partial charge in [0.15, 0.2) is 11.4 Å². The Labute approximate surface area is 103 Å². The first kappa shape index (κ1) is 11.5. The molecule has 0 radical (unpaired) electrons. The van der Waals surface area contributed by atoms with E-state index in [2.05, 4.69) is 4.98 Å². The number of fused-ring (bicyclic) bond motifs is 1. The fourth-order valence-corrected chi connectivity index (χ4v) is 2.02. The molecule has 1 aliphatic rings. The molecular formula is C12H14N2O4. The van der Waals surface area contributed by atoms with Crippen LogP contribution in [-0.2, 0) is 15.3 Å². The lowest BCUT2D eigenvalue weighted by Crippen LogP contribution is -2.46. The molecule has 3 N–H and O–H groups in total. The summed E-state index contributed by atoms with van der Waals surface area (Å²) in [6.45, 7) is 2.70. The SMILES string of the molecule is CC1(c2ccc3[nH]c(=O)oc3c2)OCC(N)CO1. The second-order valence-electron chi connectivity index (χ2n) is 4.55. The van der Waals surface area contributed by atoms with Crippen molar-refractivity contribution in [2.24, 2.45) is 5.73 Å². The molecule has 0 bridgehead atoms. The second-order valence-corrected chi connectivity index (χ2v) is 4.55. The van der Waals surface area contributed by atoms with Crippen LogP contribution in [-0.4, -0.2) is 24.2 Å². The fourth-order valence-electron chi connectivity index (χ4n) is 2.02. The molecule has 2 aromatic rings. The minimum absolute atomic E-state index is 0.105. The van der Waals surface area contributed by atoms with Crippen LogP contribution in [0.15, 0.2) is 27.4 Å². The molecule has 0 amide bonds. The second kappa shape index (κ2) is 3.94. The molecule has 1 fully saturated rings. The summed E-state index contributed by atoms with van der Waals surface area (Å²) in [5, 5.41) is 0. The van der Waals surface area contributed by atoms with Gasteiger partial charge in [0.05, 0.1) is 24.8 Å². The molecule has 6 nitrogen and oxygen atoms in total. The Morgan fingerprint density at radius 1 is 1.39 bits per heavy atom. The van der Waals surface area contributed by atoms with Crippen LogP contribution >= 0.6 is 0 Å². The summed E-state index contributed by atoms with van der Waals surface area (Å²) in [5.41, 5.74) is 7.65. The van der Waals surface area contributed by atoms with Crippen LogP contribution in [0.3, 0.4) is 0 Å². The lowest BCUT2D eigenvalue weighted by molar-refractivity contribution is -0.270. The van der Waals surface area contributed by atoms with Gasteiger partial charge in [0.1, 0.15) is 0 Å². The first-order valence-electron chi connectivity index (χ1n) is 5.74. The lowest BCUT2D eigenvalue weighted by Gasteiger charge is -2.36. The topological polar surface area (TPSA) is 90.5 Å². The predicted molar refractivity (Wildman–Crippen MR) is 64.1 cm³/mol. The molecule has 96 valence electrons. The van der Waals surface area contributed by atoms with Crippen molar-refractivity contribution in [3.63, 3.8) is 0 Å². The van der Waals surface area contributed by atoms with Crippen molar-refractivity contribution in [3.8, 4) is 0 Å². The Morgan fingerprint density at radius 3 is 2.83 bits per heavy atom. The van der Waals surface area contributed by atoms with E-state index in [0.717, 1.165) is 5.56 Å². The molecular weight excluding hydrogens is 236 g/mol. The van der Waals surface area contributed by atoms with E-state index in [1.165, 1.54) is 0 Å². The molecule has 18 heavy (non-hydrogen) atoms. The van der Waals surface area contributed by atoms with Crippen LogP contribution in [0, 0.1) is 0 Å². The van der Waals surface area contributed by atoms with E-state index in [-0.39, 0.29) is 6.04 Å². The molecule has 1 aromatic heterocycles. The number of hydrogen-bond donors (Lipinski definition) is 2. The van der Waals surface area contributed by atoms with E-state index in [4.69, 9.17) is 19.6 Å². The summed E-state index contributed by atoms with van der Waals surface area (Å²) in [7, 11) is 0. The number of H-pyrrole nitrogens is 1. The molecule has 0 spiro atoms. The third kappa shape index (κ3) is 1.84. The number of aromatic amines is 1. The van der Waals surface area contributed by atoms with Gasteiger partial charge in [-0.3, -0.25) is 4.98 Å². The molecule has 6 heteroatoms. The minimum atomic E-state index is -0.847. The zero-order chi connectivity index (χ0) is 12.8. The van der Waals surface area contributed by atoms with Crippen molar-refractivity contribution in [2.75, 3.05) is 13.2 Å². The Bertz CT molecular complexity index is 622. The first-order valence-corrected chi connectivity index (χ1v) is 5.74. The summed E-state index contributed by atoms with van der Waals surface area (Å²) in [6, 6.07) is 5.24. The Balaban J connectivity index is 2.00. The first-order chi connectivity index (χ1) is 8.57. The van der Waals surface area contributed by atoms with Crippen LogP contribution in [0.1, 0.15) is 12.5 Å². The molecule has 0 unspecified atom stereocenters. The molecule has 0 aliphatic carbocycles. The quantitative estimate of drug-likeness (QED) is 0.776. The van der Waals surface area contributed by atoms with Crippen molar-refractivity contribution in [1.82, 2.24) is 4.98 Å². The van der Waals surface area contributed by atoms with Gasteiger partial charge in [-0.15, -0.1) is 0 Å². The molecule has 0 atom stereocenters. The third-order valence-corrected chi connectivity index (χ3v) is 3.09. The van der Waals surface area contributed by atoms with Crippen LogP contribution < -0.4 is 11.5 Å². The monoisotopic (exact) mass is 250 g/mol. The van der Waals surface area contributed by atoms with E-state index >= 15 is 0 Å². The van der Waals surface area contributed by atoms with E-state index in [0.29, 0.717) is 24.3 Å². The highest BCUT2D eigenvalue weighted by atomic mass is 16.7. The van der Waals surface area contributed by atoms with E-state index in [9.17, 15) is 4.79 Å². The normalized spacial score (nSPS) is 28.7. The summed E-state index contributed by atoms with van der Waals surface area (Å²) in [6.07, 6.45) is 0. The maximum atomic E-state index is 11.1. The number of nitrogens with one attached hydrogen (secondary N) is 1. The molecule has 3 rings (SSSR count). The van der Waals surface area contributed by atoms with E-state index in [1.54, 1.807) is 12.1 Å². The van der Waals surface area contributed by atoms with Gasteiger partial charge in [-0.25, -0.2) is 4.79 Å². The molecule has 1 aromatic carbocycles. The summed E-state index contributed by atoms with van der Waals surface area (Å²) in [5.74, 6) is -1.32. The Morgan fingerprint density at radius 2 is 2.11 bits per heavy atom. The number of hydrogen-bond acceptors (Lipinski definition) is 5. The zero-order valence-electron chi connectivity index (χ0n) is 9.93. The van der Waals surface area contributed by atoms with Gasteiger partial charge >= 0.3 is 5.76 Å². The van der Waals surface area contributed by atoms with Gasteiger partial charge in [-0.2, -0.15) is 0 Å². The fraction of sp³-hybridized carbons (Fsp3) is 0.417. The molecule has 1 aliphatic heterocycles. The highest BCUT2D eigenvalue weighted by Crippen LogP contribution is 2.31. The standard InChI is InChI=1S/C12H14N2O4/c1-12(16-5-8(13)6-17-12)7-2-3-9-10(4-7)18-11(15)14-9/h2-4,8H,5-6,13H2,1H3,(H,14,15). The summed E-state index contributed by atoms with van der Waals surface area (Å²) < 4.78 is 16.3. The predicted octanol–water partition coefficient (Wildman–Crippen LogP) is 0.668. The third-order valence-electron chi connectivity index (χ3n) is 3.09. The average Bonchev–Trinajstić information content (AvgIpc) is 2.72. The van der Waals surface area contributed by atoms with Crippen LogP contribution in [0.25, 0.3) is 11.1 Å². The van der Waals surface area contributed by atoms with Crippen molar-refractivity contribution in [3.05, 3.63) is 34.3 Å². The van der Waals surface area contributed by atoms with Crippen LogP contribution in [0.5, 0.6) is 0 Å². The smallest absolute Gasteiger partial charge is 0.408 e. The van der Waals surface area contributed by atoms with Crippen molar-refractivity contribution < 1.29 is 13.9 Å². The van der Waals surface area contributed by atoms with Crippen molar-refractivity contribution >= 4 is 11.1 Å². The average molecular weight is 250 g/mol. The number of benzene rings is 1. The molecule has 2 heterocycles. The van der Waals surface area contributed by atoms with Gasteiger partial charge in [0.2, 0.25) is 0 Å². The molecule has 1 saturated heterocycles. The largest absolute Gasteiger partial charge is 0.417 e. The lowest BCUT2D eigenvalue weighted by atomic mass is 10.1. The number of oxazole rings is 1. The van der Waals surface area contributed by atoms with Gasteiger partial charge in [-0.1, -0.05) is 6.07 Å². The Hall–Kier alpha value is -1.63. The maximum absolute atomic E-state index is 11.1. The van der Waals surface area contributed by atoms with Gasteiger partial charge < -0.3 is 19.6 Å². The van der Waals surface area contributed by atoms with Crippen molar-refractivity contribution in [2.45, 2.75) is 18.8 Å². The summed E-state index contributed by atoms with van der Waals surface area (Å²) in [4.78, 5) is 13.7.